The van der Waals surface area contributed by atoms with Gasteiger partial charge >= 0.3 is 5.97 Å². The average Bonchev–Trinajstić information content (AvgIpc) is 3.05. The number of hydrogen-bond acceptors (Lipinski definition) is 2. The molecule has 0 heterocycles. The summed E-state index contributed by atoms with van der Waals surface area (Å²) in [5, 5.41) is 21.6. The van der Waals surface area contributed by atoms with Crippen LogP contribution in [0.5, 0.6) is 0 Å². The van der Waals surface area contributed by atoms with Gasteiger partial charge in [0.25, 0.3) is 5.91 Å². The average molecular weight is 606 g/mol. The first-order valence-corrected chi connectivity index (χ1v) is 17.7. The highest BCUT2D eigenvalue weighted by atomic mass is 16.4. The van der Waals surface area contributed by atoms with Crippen molar-refractivity contribution in [2.24, 2.45) is 0 Å². The van der Waals surface area contributed by atoms with Crippen molar-refractivity contribution < 1.29 is 14.7 Å². The maximum Gasteiger partial charge on any atom is 0.336 e. The molecule has 4 nitrogen and oxygen atoms in total. The van der Waals surface area contributed by atoms with Gasteiger partial charge in [-0.05, 0) is 62.7 Å². The molecule has 0 aliphatic heterocycles. The fraction of sp³-hybridized carbons (Fsp3) is 0.463. The number of rotatable bonds is 19. The van der Waals surface area contributed by atoms with Crippen LogP contribution >= 0.6 is 0 Å². The van der Waals surface area contributed by atoms with Crippen LogP contribution in [0.2, 0.25) is 0 Å². The highest BCUT2D eigenvalue weighted by Gasteiger charge is 2.23. The van der Waals surface area contributed by atoms with Gasteiger partial charge in [-0.25, -0.2) is 4.79 Å². The van der Waals surface area contributed by atoms with E-state index in [-0.39, 0.29) is 17.5 Å². The molecule has 2 N–H and O–H groups in total. The summed E-state index contributed by atoms with van der Waals surface area (Å²) in [6.45, 7) is 4.50. The number of aromatic carboxylic acids is 1. The summed E-state index contributed by atoms with van der Waals surface area (Å²) in [7, 11) is 0. The van der Waals surface area contributed by atoms with Crippen LogP contribution < -0.4 is 5.32 Å². The third-order valence-corrected chi connectivity index (χ3v) is 9.77. The highest BCUT2D eigenvalue weighted by Crippen LogP contribution is 2.42. The Kier molecular flexibility index (Phi) is 11.7. The van der Waals surface area contributed by atoms with Crippen molar-refractivity contribution in [3.05, 3.63) is 71.8 Å². The van der Waals surface area contributed by atoms with Crippen molar-refractivity contribution in [1.82, 2.24) is 5.32 Å². The van der Waals surface area contributed by atoms with E-state index in [4.69, 9.17) is 0 Å². The number of amides is 1. The molecule has 5 aromatic carbocycles. The van der Waals surface area contributed by atoms with E-state index in [1.54, 1.807) is 6.07 Å². The number of carbonyl (C=O) groups is 2. The van der Waals surface area contributed by atoms with E-state index in [9.17, 15) is 14.7 Å². The Morgan fingerprint density at radius 2 is 1.02 bits per heavy atom. The smallest absolute Gasteiger partial charge is 0.336 e. The number of carboxylic acids is 1. The molecule has 1 amide bonds. The van der Waals surface area contributed by atoms with E-state index in [1.807, 2.05) is 18.2 Å². The number of benzene rings is 5. The molecule has 0 radical (unpaired) electrons. The minimum atomic E-state index is -1.01. The van der Waals surface area contributed by atoms with E-state index in [0.717, 1.165) is 58.0 Å². The van der Waals surface area contributed by atoms with Crippen LogP contribution in [-0.2, 0) is 0 Å². The molecule has 0 saturated heterocycles. The van der Waals surface area contributed by atoms with Crippen molar-refractivity contribution in [3.8, 4) is 0 Å². The van der Waals surface area contributed by atoms with Crippen molar-refractivity contribution in [1.29, 1.82) is 0 Å². The molecule has 0 fully saturated rings. The third-order valence-electron chi connectivity index (χ3n) is 9.77. The number of carbonyl (C=O) groups excluding carboxylic acids is 1. The third kappa shape index (κ3) is 7.60. The molecular formula is C41H51NO3. The van der Waals surface area contributed by atoms with Gasteiger partial charge in [-0.1, -0.05) is 152 Å². The zero-order valence-electron chi connectivity index (χ0n) is 27.4. The molecule has 0 atom stereocenters. The lowest BCUT2D eigenvalue weighted by Gasteiger charge is -2.21. The Balaban J connectivity index is 1.43. The van der Waals surface area contributed by atoms with Gasteiger partial charge in [0.15, 0.2) is 0 Å². The zero-order chi connectivity index (χ0) is 31.6. The van der Waals surface area contributed by atoms with Crippen LogP contribution in [0.3, 0.4) is 0 Å². The largest absolute Gasteiger partial charge is 0.478 e. The standard InChI is InChI=1S/C41H51NO3/c1-3-5-7-9-11-13-15-21-30(22-16-14-12-10-8-6-4-2)42-40(43)35-27-25-33-31-23-17-19-29-20-18-24-32(37(29)31)34-26-28-36(41(44)45)39(35)38(33)34/h17-20,23-28,30H,3-16,21-22H2,1-2H3,(H,42,43)(H,44,45). The molecule has 238 valence electrons. The highest BCUT2D eigenvalue weighted by molar-refractivity contribution is 6.36. The van der Waals surface area contributed by atoms with Crippen LogP contribution in [0.15, 0.2) is 60.7 Å². The lowest BCUT2D eigenvalue weighted by atomic mass is 9.86. The summed E-state index contributed by atoms with van der Waals surface area (Å²) in [5.74, 6) is -1.17. The number of hydrogen-bond donors (Lipinski definition) is 2. The van der Waals surface area contributed by atoms with Crippen LogP contribution in [0.25, 0.3) is 43.1 Å². The monoisotopic (exact) mass is 605 g/mol. The molecule has 45 heavy (non-hydrogen) atoms. The molecule has 0 bridgehead atoms. The quantitative estimate of drug-likeness (QED) is 0.0559. The SMILES string of the molecule is CCCCCCCCCC(CCCCCCCCC)NC(=O)c1ccc2c3cccc4cccc(c5ccc(C(=O)O)c1c52)c43. The van der Waals surface area contributed by atoms with Crippen LogP contribution in [-0.4, -0.2) is 23.0 Å². The second-order valence-corrected chi connectivity index (χ2v) is 13.1. The summed E-state index contributed by atoms with van der Waals surface area (Å²) in [5.41, 5.74) is 0.645. The van der Waals surface area contributed by atoms with E-state index in [2.05, 4.69) is 55.6 Å². The maximum atomic E-state index is 14.1. The minimum absolute atomic E-state index is 0.0948. The molecule has 4 heteroatoms. The van der Waals surface area contributed by atoms with Gasteiger partial charge in [0.2, 0.25) is 0 Å². The van der Waals surface area contributed by atoms with Crippen molar-refractivity contribution >= 4 is 55.0 Å². The van der Waals surface area contributed by atoms with Crippen molar-refractivity contribution in [2.45, 2.75) is 123 Å². The van der Waals surface area contributed by atoms with Crippen molar-refractivity contribution in [3.63, 3.8) is 0 Å². The molecule has 5 rings (SSSR count). The molecule has 0 unspecified atom stereocenters. The first kappa shape index (κ1) is 32.7. The molecule has 0 saturated carbocycles. The molecule has 0 spiro atoms. The number of fused-ring (bicyclic) bond motifs is 2. The maximum absolute atomic E-state index is 14.1. The van der Waals surface area contributed by atoms with Gasteiger partial charge < -0.3 is 10.4 Å². The topological polar surface area (TPSA) is 66.4 Å². The van der Waals surface area contributed by atoms with Crippen molar-refractivity contribution in [2.75, 3.05) is 0 Å². The van der Waals surface area contributed by atoms with Gasteiger partial charge in [0, 0.05) is 17.0 Å². The second kappa shape index (κ2) is 16.1. The van der Waals surface area contributed by atoms with E-state index in [1.165, 1.54) is 82.4 Å². The Bertz CT molecular complexity index is 1650. The molecule has 0 aromatic heterocycles. The summed E-state index contributed by atoms with van der Waals surface area (Å²) in [4.78, 5) is 26.7. The predicted molar refractivity (Wildman–Crippen MR) is 191 cm³/mol. The molecule has 5 aromatic rings. The van der Waals surface area contributed by atoms with Gasteiger partial charge in [-0.3, -0.25) is 4.79 Å². The van der Waals surface area contributed by atoms with E-state index < -0.39 is 5.97 Å². The lowest BCUT2D eigenvalue weighted by Crippen LogP contribution is -2.35. The summed E-state index contributed by atoms with van der Waals surface area (Å²) in [6.07, 6.45) is 19.4. The van der Waals surface area contributed by atoms with Crippen LogP contribution in [0.4, 0.5) is 0 Å². The second-order valence-electron chi connectivity index (χ2n) is 13.1. The first-order valence-electron chi connectivity index (χ1n) is 17.7. The van der Waals surface area contributed by atoms with E-state index >= 15 is 0 Å². The fourth-order valence-corrected chi connectivity index (χ4v) is 7.35. The summed E-state index contributed by atoms with van der Waals surface area (Å²) >= 11 is 0. The Labute approximate surface area is 268 Å². The first-order chi connectivity index (χ1) is 22.0. The number of carboxylic acid groups (broad SMARTS) is 1. The lowest BCUT2D eigenvalue weighted by molar-refractivity contribution is 0.0699. The van der Waals surface area contributed by atoms with Crippen LogP contribution in [0, 0.1) is 0 Å². The Morgan fingerprint density at radius 3 is 1.53 bits per heavy atom. The Morgan fingerprint density at radius 1 is 0.556 bits per heavy atom. The van der Waals surface area contributed by atoms with Gasteiger partial charge in [-0.15, -0.1) is 0 Å². The summed E-state index contributed by atoms with van der Waals surface area (Å²) < 4.78 is 0. The van der Waals surface area contributed by atoms with E-state index in [0.29, 0.717) is 10.9 Å². The van der Waals surface area contributed by atoms with Gasteiger partial charge in [0.1, 0.15) is 0 Å². The van der Waals surface area contributed by atoms with Gasteiger partial charge in [0.05, 0.1) is 5.56 Å². The normalized spacial score (nSPS) is 11.9. The molecule has 0 aliphatic rings. The summed E-state index contributed by atoms with van der Waals surface area (Å²) in [6, 6.07) is 20.1. The number of nitrogens with one attached hydrogen (secondary N) is 1. The zero-order valence-corrected chi connectivity index (χ0v) is 27.4. The van der Waals surface area contributed by atoms with Gasteiger partial charge in [-0.2, -0.15) is 0 Å². The fourth-order valence-electron chi connectivity index (χ4n) is 7.35. The Hall–Kier alpha value is -3.66. The molecule has 0 aliphatic carbocycles. The number of unbranched alkanes of at least 4 members (excludes halogenated alkanes) is 12. The molecular weight excluding hydrogens is 554 g/mol. The minimum Gasteiger partial charge on any atom is -0.478 e. The predicted octanol–water partition coefficient (Wildman–Crippen LogP) is 11.8. The van der Waals surface area contributed by atoms with Crippen LogP contribution in [0.1, 0.15) is 137 Å².